The monoisotopic (exact) mass is 213 g/mol. The summed E-state index contributed by atoms with van der Waals surface area (Å²) in [6.07, 6.45) is 0. The van der Waals surface area contributed by atoms with Crippen molar-refractivity contribution in [1.29, 1.82) is 0 Å². The minimum Gasteiger partial charge on any atom is -0.257 e. The van der Waals surface area contributed by atoms with Gasteiger partial charge in [0.15, 0.2) is 0 Å². The Morgan fingerprint density at radius 1 is 1.36 bits per heavy atom. The third kappa shape index (κ3) is 2.03. The Bertz CT molecular complexity index is 256. The predicted octanol–water partition coefficient (Wildman–Crippen LogP) is 3.28. The smallest absolute Gasteiger partial charge is 0.0517 e. The molecule has 11 heavy (non-hydrogen) atoms. The van der Waals surface area contributed by atoms with E-state index in [1.54, 1.807) is 0 Å². The minimum atomic E-state index is 0.516. The van der Waals surface area contributed by atoms with Gasteiger partial charge in [-0.3, -0.25) is 4.98 Å². The number of hydrogen-bond donors (Lipinski definition) is 0. The van der Waals surface area contributed by atoms with E-state index in [4.69, 9.17) is 0 Å². The van der Waals surface area contributed by atoms with Gasteiger partial charge >= 0.3 is 0 Å². The number of nitrogens with zero attached hydrogens (tertiary/aromatic N) is 1. The van der Waals surface area contributed by atoms with Crippen molar-refractivity contribution in [3.8, 4) is 0 Å². The van der Waals surface area contributed by atoms with Crippen molar-refractivity contribution in [2.24, 2.45) is 0 Å². The summed E-state index contributed by atoms with van der Waals surface area (Å²) in [5.41, 5.74) is 2.22. The van der Waals surface area contributed by atoms with E-state index in [1.807, 2.05) is 6.92 Å². The van der Waals surface area contributed by atoms with E-state index in [0.29, 0.717) is 5.92 Å². The van der Waals surface area contributed by atoms with E-state index in [1.165, 1.54) is 0 Å². The molecular weight excluding hydrogens is 202 g/mol. The molecule has 0 amide bonds. The second kappa shape index (κ2) is 3.35. The highest BCUT2D eigenvalue weighted by Crippen LogP contribution is 2.18. The van der Waals surface area contributed by atoms with Crippen LogP contribution in [-0.4, -0.2) is 4.98 Å². The molecule has 0 aliphatic carbocycles. The molecule has 1 heterocycles. The summed E-state index contributed by atoms with van der Waals surface area (Å²) < 4.78 is 1.09. The van der Waals surface area contributed by atoms with Crippen molar-refractivity contribution < 1.29 is 0 Å². The molecule has 0 unspecified atom stereocenters. The topological polar surface area (TPSA) is 12.9 Å². The van der Waals surface area contributed by atoms with Gasteiger partial charge in [0.2, 0.25) is 0 Å². The fraction of sp³-hybridized carbons (Fsp3) is 0.444. The van der Waals surface area contributed by atoms with Gasteiger partial charge in [0.25, 0.3) is 0 Å². The number of pyridine rings is 1. The standard InChI is InChI=1S/C9H12BrN/c1-6(2)9-5-4-8(10)7(3)11-9/h4-6H,1-3H3. The van der Waals surface area contributed by atoms with E-state index < -0.39 is 0 Å². The molecule has 1 nitrogen and oxygen atoms in total. The van der Waals surface area contributed by atoms with Crippen molar-refractivity contribution in [3.63, 3.8) is 0 Å². The predicted molar refractivity (Wildman–Crippen MR) is 50.8 cm³/mol. The second-order valence-corrected chi connectivity index (χ2v) is 3.81. The lowest BCUT2D eigenvalue weighted by Gasteiger charge is -2.05. The van der Waals surface area contributed by atoms with Crippen LogP contribution in [0.4, 0.5) is 0 Å². The van der Waals surface area contributed by atoms with Gasteiger partial charge in [-0.25, -0.2) is 0 Å². The maximum atomic E-state index is 4.43. The third-order valence-corrected chi connectivity index (χ3v) is 2.47. The van der Waals surface area contributed by atoms with Crippen LogP contribution in [0.25, 0.3) is 0 Å². The van der Waals surface area contributed by atoms with Gasteiger partial charge in [-0.15, -0.1) is 0 Å². The molecule has 0 aromatic carbocycles. The summed E-state index contributed by atoms with van der Waals surface area (Å²) in [5.74, 6) is 0.516. The van der Waals surface area contributed by atoms with Crippen molar-refractivity contribution in [3.05, 3.63) is 28.0 Å². The van der Waals surface area contributed by atoms with Crippen LogP contribution in [0.2, 0.25) is 0 Å². The Hall–Kier alpha value is -0.370. The lowest BCUT2D eigenvalue weighted by atomic mass is 10.1. The van der Waals surface area contributed by atoms with E-state index in [9.17, 15) is 0 Å². The molecular formula is C9H12BrN. The molecule has 0 fully saturated rings. The van der Waals surface area contributed by atoms with E-state index in [-0.39, 0.29) is 0 Å². The van der Waals surface area contributed by atoms with Crippen LogP contribution in [-0.2, 0) is 0 Å². The van der Waals surface area contributed by atoms with Gasteiger partial charge in [-0.1, -0.05) is 13.8 Å². The Morgan fingerprint density at radius 3 is 2.45 bits per heavy atom. The molecule has 0 aliphatic heterocycles. The van der Waals surface area contributed by atoms with Gasteiger partial charge in [-0.05, 0) is 40.9 Å². The minimum absolute atomic E-state index is 0.516. The molecule has 0 aliphatic rings. The zero-order valence-electron chi connectivity index (χ0n) is 7.06. The normalized spacial score (nSPS) is 10.6. The molecule has 60 valence electrons. The molecule has 0 bridgehead atoms. The van der Waals surface area contributed by atoms with Crippen molar-refractivity contribution in [1.82, 2.24) is 4.98 Å². The fourth-order valence-electron chi connectivity index (χ4n) is 0.885. The SMILES string of the molecule is Cc1nc(C(C)C)ccc1Br. The third-order valence-electron chi connectivity index (χ3n) is 1.63. The summed E-state index contributed by atoms with van der Waals surface area (Å²) in [5, 5.41) is 0. The van der Waals surface area contributed by atoms with Crippen LogP contribution in [0.15, 0.2) is 16.6 Å². The summed E-state index contributed by atoms with van der Waals surface area (Å²) in [4.78, 5) is 4.43. The second-order valence-electron chi connectivity index (χ2n) is 2.96. The molecule has 1 rings (SSSR count). The largest absolute Gasteiger partial charge is 0.257 e. The molecule has 0 saturated carbocycles. The van der Waals surface area contributed by atoms with Crippen LogP contribution in [0.5, 0.6) is 0 Å². The first-order chi connectivity index (χ1) is 5.11. The van der Waals surface area contributed by atoms with E-state index >= 15 is 0 Å². The first-order valence-corrected chi connectivity index (χ1v) is 4.53. The number of aromatic nitrogens is 1. The summed E-state index contributed by atoms with van der Waals surface area (Å²) >= 11 is 3.42. The maximum Gasteiger partial charge on any atom is 0.0517 e. The average molecular weight is 214 g/mol. The molecule has 0 saturated heterocycles. The highest BCUT2D eigenvalue weighted by molar-refractivity contribution is 9.10. The zero-order chi connectivity index (χ0) is 8.43. The van der Waals surface area contributed by atoms with Gasteiger partial charge in [0.05, 0.1) is 5.69 Å². The molecule has 1 aromatic heterocycles. The fourth-order valence-corrected chi connectivity index (χ4v) is 1.11. The molecule has 0 radical (unpaired) electrons. The van der Waals surface area contributed by atoms with E-state index in [0.717, 1.165) is 15.9 Å². The average Bonchev–Trinajstić information content (AvgIpc) is 1.94. The number of halogens is 1. The van der Waals surface area contributed by atoms with Crippen molar-refractivity contribution in [2.75, 3.05) is 0 Å². The first kappa shape index (κ1) is 8.72. The summed E-state index contributed by atoms with van der Waals surface area (Å²) in [7, 11) is 0. The van der Waals surface area contributed by atoms with Crippen LogP contribution < -0.4 is 0 Å². The van der Waals surface area contributed by atoms with Gasteiger partial charge in [0, 0.05) is 10.2 Å². The molecule has 2 heteroatoms. The number of hydrogen-bond acceptors (Lipinski definition) is 1. The van der Waals surface area contributed by atoms with Crippen LogP contribution in [0.3, 0.4) is 0 Å². The first-order valence-electron chi connectivity index (χ1n) is 3.74. The summed E-state index contributed by atoms with van der Waals surface area (Å²) in [6.45, 7) is 6.31. The van der Waals surface area contributed by atoms with Crippen molar-refractivity contribution >= 4 is 15.9 Å². The Kier molecular flexibility index (Phi) is 2.66. The lowest BCUT2D eigenvalue weighted by molar-refractivity contribution is 0.814. The maximum absolute atomic E-state index is 4.43. The Labute approximate surface area is 76.0 Å². The molecule has 0 atom stereocenters. The summed E-state index contributed by atoms with van der Waals surface area (Å²) in [6, 6.07) is 4.11. The van der Waals surface area contributed by atoms with Gasteiger partial charge in [0.1, 0.15) is 0 Å². The Balaban J connectivity index is 3.05. The van der Waals surface area contributed by atoms with Gasteiger partial charge in [-0.2, -0.15) is 0 Å². The highest BCUT2D eigenvalue weighted by atomic mass is 79.9. The Morgan fingerprint density at radius 2 is 2.00 bits per heavy atom. The van der Waals surface area contributed by atoms with Crippen LogP contribution in [0.1, 0.15) is 31.2 Å². The van der Waals surface area contributed by atoms with Crippen LogP contribution in [0, 0.1) is 6.92 Å². The van der Waals surface area contributed by atoms with E-state index in [2.05, 4.69) is 46.9 Å². The zero-order valence-corrected chi connectivity index (χ0v) is 8.64. The quantitative estimate of drug-likeness (QED) is 0.699. The van der Waals surface area contributed by atoms with Gasteiger partial charge < -0.3 is 0 Å². The molecule has 0 spiro atoms. The van der Waals surface area contributed by atoms with Crippen LogP contribution >= 0.6 is 15.9 Å². The molecule has 0 N–H and O–H groups in total. The highest BCUT2D eigenvalue weighted by Gasteiger charge is 2.01. The number of rotatable bonds is 1. The lowest BCUT2D eigenvalue weighted by Crippen LogP contribution is -1.94. The van der Waals surface area contributed by atoms with Crippen molar-refractivity contribution in [2.45, 2.75) is 26.7 Å². The molecule has 1 aromatic rings. The number of aryl methyl sites for hydroxylation is 1.